The number of unbranched alkanes of at least 4 members (excludes halogenated alkanes) is 6. The summed E-state index contributed by atoms with van der Waals surface area (Å²) in [5, 5.41) is 14.4. The first-order valence-corrected chi connectivity index (χ1v) is 6.78. The molecule has 0 atom stereocenters. The second kappa shape index (κ2) is 8.50. The Morgan fingerprint density at radius 2 is 1.89 bits per heavy atom. The number of rotatable bonds is 9. The number of carboxylic acid groups (broad SMARTS) is 1. The molecule has 1 aromatic rings. The van der Waals surface area contributed by atoms with Crippen LogP contribution in [0.1, 0.15) is 57.6 Å². The zero-order valence-electron chi connectivity index (χ0n) is 11.2. The maximum Gasteiger partial charge on any atom is 0.512 e. The van der Waals surface area contributed by atoms with E-state index in [9.17, 15) is 9.18 Å². The molecular weight excluding hydrogens is 251 g/mol. The maximum absolute atomic E-state index is 13.6. The predicted molar refractivity (Wildman–Crippen MR) is 68.9 cm³/mol. The molecular formula is C13H21FN2O3. The minimum Gasteiger partial charge on any atom is -0.449 e. The number of aryl methyl sites for hydroxylation is 1. The van der Waals surface area contributed by atoms with E-state index in [-0.39, 0.29) is 5.69 Å². The summed E-state index contributed by atoms with van der Waals surface area (Å²) in [6.07, 6.45) is 6.93. The Hall–Kier alpha value is -1.59. The first-order valence-electron chi connectivity index (χ1n) is 6.78. The molecule has 5 nitrogen and oxygen atoms in total. The Balaban J connectivity index is 2.22. The van der Waals surface area contributed by atoms with Crippen molar-refractivity contribution in [3.05, 3.63) is 11.5 Å². The van der Waals surface area contributed by atoms with Crippen molar-refractivity contribution in [2.45, 2.75) is 58.3 Å². The van der Waals surface area contributed by atoms with Crippen LogP contribution < -0.4 is 4.74 Å². The molecule has 0 amide bonds. The van der Waals surface area contributed by atoms with Gasteiger partial charge in [-0.15, -0.1) is 0 Å². The van der Waals surface area contributed by atoms with E-state index in [0.29, 0.717) is 6.42 Å². The van der Waals surface area contributed by atoms with Crippen LogP contribution in [0.15, 0.2) is 0 Å². The average Bonchev–Trinajstić information content (AvgIpc) is 2.70. The number of H-pyrrole nitrogens is 1. The number of hydrogen-bond donors (Lipinski definition) is 2. The molecule has 0 saturated carbocycles. The third-order valence-electron chi connectivity index (χ3n) is 2.95. The molecule has 1 heterocycles. The third kappa shape index (κ3) is 5.72. The highest BCUT2D eigenvalue weighted by Gasteiger charge is 2.16. The Morgan fingerprint density at radius 1 is 1.26 bits per heavy atom. The van der Waals surface area contributed by atoms with Crippen molar-refractivity contribution in [2.75, 3.05) is 0 Å². The number of aromatic nitrogens is 2. The van der Waals surface area contributed by atoms with Gasteiger partial charge in [0.25, 0.3) is 5.88 Å². The van der Waals surface area contributed by atoms with Crippen molar-refractivity contribution in [3.63, 3.8) is 0 Å². The summed E-state index contributed by atoms with van der Waals surface area (Å²) in [6.45, 7) is 2.18. The van der Waals surface area contributed by atoms with Gasteiger partial charge >= 0.3 is 6.16 Å². The van der Waals surface area contributed by atoms with Gasteiger partial charge in [-0.1, -0.05) is 45.4 Å². The molecule has 0 radical (unpaired) electrons. The Labute approximate surface area is 112 Å². The molecule has 0 aromatic carbocycles. The van der Waals surface area contributed by atoms with Crippen LogP contribution in [0.5, 0.6) is 5.88 Å². The predicted octanol–water partition coefficient (Wildman–Crippen LogP) is 3.90. The maximum atomic E-state index is 13.6. The smallest absolute Gasteiger partial charge is 0.449 e. The van der Waals surface area contributed by atoms with Crippen LogP contribution in [0.4, 0.5) is 9.18 Å². The number of ether oxygens (including phenoxy) is 1. The van der Waals surface area contributed by atoms with Crippen LogP contribution in [0.2, 0.25) is 0 Å². The summed E-state index contributed by atoms with van der Waals surface area (Å²) >= 11 is 0. The lowest BCUT2D eigenvalue weighted by molar-refractivity contribution is 0.140. The first kappa shape index (κ1) is 15.5. The van der Waals surface area contributed by atoms with Gasteiger partial charge in [0.2, 0.25) is 5.82 Å². The minimum atomic E-state index is -1.55. The molecule has 0 aliphatic rings. The zero-order valence-corrected chi connectivity index (χ0v) is 11.2. The summed E-state index contributed by atoms with van der Waals surface area (Å²) in [5.41, 5.74) is 0.241. The molecule has 6 heteroatoms. The van der Waals surface area contributed by atoms with Crippen LogP contribution in [-0.4, -0.2) is 21.5 Å². The van der Waals surface area contributed by atoms with E-state index in [1.807, 2.05) is 0 Å². The van der Waals surface area contributed by atoms with Gasteiger partial charge in [0, 0.05) is 0 Å². The van der Waals surface area contributed by atoms with Gasteiger partial charge in [0.1, 0.15) is 5.69 Å². The highest BCUT2D eigenvalue weighted by atomic mass is 19.1. The third-order valence-corrected chi connectivity index (χ3v) is 2.95. The molecule has 2 N–H and O–H groups in total. The summed E-state index contributed by atoms with van der Waals surface area (Å²) in [7, 11) is 0. The number of hydrogen-bond acceptors (Lipinski definition) is 3. The van der Waals surface area contributed by atoms with Crippen molar-refractivity contribution < 1.29 is 19.0 Å². The molecule has 1 rings (SSSR count). The fourth-order valence-electron chi connectivity index (χ4n) is 1.92. The fourth-order valence-corrected chi connectivity index (χ4v) is 1.92. The van der Waals surface area contributed by atoms with Crippen LogP contribution in [0.3, 0.4) is 0 Å². The highest BCUT2D eigenvalue weighted by molar-refractivity contribution is 5.60. The standard InChI is InChI=1S/C13H21FN2O3/c1-2-3-4-5-6-7-8-9-10-11(14)12(16-15-10)19-13(17)18/h2-9H2,1H3,(H,15,16)(H,17,18). The summed E-state index contributed by atoms with van der Waals surface area (Å²) in [6, 6.07) is 0. The Bertz CT molecular complexity index is 393. The molecule has 0 spiro atoms. The van der Waals surface area contributed by atoms with E-state index < -0.39 is 17.9 Å². The largest absolute Gasteiger partial charge is 0.512 e. The molecule has 19 heavy (non-hydrogen) atoms. The van der Waals surface area contributed by atoms with Gasteiger partial charge in [-0.2, -0.15) is 9.49 Å². The van der Waals surface area contributed by atoms with E-state index in [2.05, 4.69) is 21.9 Å². The Kier molecular flexibility index (Phi) is 6.92. The lowest BCUT2D eigenvalue weighted by Crippen LogP contribution is -2.04. The lowest BCUT2D eigenvalue weighted by Gasteiger charge is -2.00. The molecule has 0 aliphatic heterocycles. The van der Waals surface area contributed by atoms with Crippen molar-refractivity contribution in [1.29, 1.82) is 0 Å². The van der Waals surface area contributed by atoms with Gasteiger partial charge in [0.15, 0.2) is 0 Å². The lowest BCUT2D eigenvalue weighted by atomic mass is 10.1. The molecule has 0 unspecified atom stereocenters. The zero-order chi connectivity index (χ0) is 14.1. The van der Waals surface area contributed by atoms with E-state index in [1.54, 1.807) is 0 Å². The van der Waals surface area contributed by atoms with Gasteiger partial charge in [0.05, 0.1) is 0 Å². The molecule has 0 saturated heterocycles. The second-order valence-corrected chi connectivity index (χ2v) is 4.55. The van der Waals surface area contributed by atoms with Crippen molar-refractivity contribution in [3.8, 4) is 5.88 Å². The topological polar surface area (TPSA) is 75.2 Å². The van der Waals surface area contributed by atoms with E-state index >= 15 is 0 Å². The van der Waals surface area contributed by atoms with Gasteiger partial charge in [-0.3, -0.25) is 0 Å². The molecule has 0 fully saturated rings. The first-order chi connectivity index (χ1) is 9.15. The Morgan fingerprint density at radius 3 is 2.53 bits per heavy atom. The van der Waals surface area contributed by atoms with Crippen molar-refractivity contribution >= 4 is 6.16 Å². The summed E-state index contributed by atoms with van der Waals surface area (Å²) < 4.78 is 17.8. The second-order valence-electron chi connectivity index (χ2n) is 4.55. The fraction of sp³-hybridized carbons (Fsp3) is 0.692. The number of aromatic amines is 1. The van der Waals surface area contributed by atoms with E-state index in [0.717, 1.165) is 19.3 Å². The number of nitrogens with one attached hydrogen (secondary N) is 1. The van der Waals surface area contributed by atoms with Crippen LogP contribution >= 0.6 is 0 Å². The van der Waals surface area contributed by atoms with Gasteiger partial charge in [-0.25, -0.2) is 9.89 Å². The van der Waals surface area contributed by atoms with Gasteiger partial charge in [-0.05, 0) is 12.8 Å². The van der Waals surface area contributed by atoms with Crippen molar-refractivity contribution in [2.24, 2.45) is 0 Å². The monoisotopic (exact) mass is 272 g/mol. The molecule has 0 aliphatic carbocycles. The summed E-state index contributed by atoms with van der Waals surface area (Å²) in [5.74, 6) is -1.13. The number of nitrogens with zero attached hydrogens (tertiary/aromatic N) is 1. The van der Waals surface area contributed by atoms with Crippen molar-refractivity contribution in [1.82, 2.24) is 10.2 Å². The van der Waals surface area contributed by atoms with Crippen LogP contribution in [-0.2, 0) is 6.42 Å². The van der Waals surface area contributed by atoms with E-state index in [4.69, 9.17) is 5.11 Å². The minimum absolute atomic E-state index is 0.241. The van der Waals surface area contributed by atoms with Gasteiger partial charge < -0.3 is 9.84 Å². The normalized spacial score (nSPS) is 10.6. The molecule has 1 aromatic heterocycles. The SMILES string of the molecule is CCCCCCCCCc1n[nH]c(OC(=O)O)c1F. The highest BCUT2D eigenvalue weighted by Crippen LogP contribution is 2.19. The molecule has 108 valence electrons. The van der Waals surface area contributed by atoms with E-state index in [1.165, 1.54) is 25.7 Å². The quantitative estimate of drug-likeness (QED) is 0.528. The van der Waals surface area contributed by atoms with Crippen LogP contribution in [0, 0.1) is 5.82 Å². The number of halogens is 1. The van der Waals surface area contributed by atoms with Crippen LogP contribution in [0.25, 0.3) is 0 Å². The summed E-state index contributed by atoms with van der Waals surface area (Å²) in [4.78, 5) is 10.3. The average molecular weight is 272 g/mol. The molecule has 0 bridgehead atoms. The number of carbonyl (C=O) groups is 1.